The van der Waals surface area contributed by atoms with Gasteiger partial charge in [-0.1, -0.05) is 6.92 Å². The monoisotopic (exact) mass is 216 g/mol. The Hall–Kier alpha value is -0.770. The summed E-state index contributed by atoms with van der Waals surface area (Å²) in [4.78, 5) is 13.6. The second-order valence-corrected chi connectivity index (χ2v) is 4.05. The lowest BCUT2D eigenvalue weighted by Crippen LogP contribution is -2.48. The number of amides is 2. The van der Waals surface area contributed by atoms with E-state index >= 15 is 0 Å². The van der Waals surface area contributed by atoms with Gasteiger partial charge < -0.3 is 15.0 Å². The Bertz CT molecular complexity index is 183. The molecule has 0 saturated heterocycles. The van der Waals surface area contributed by atoms with Gasteiger partial charge in [0.2, 0.25) is 0 Å². The second kappa shape index (κ2) is 7.51. The highest BCUT2D eigenvalue weighted by molar-refractivity contribution is 5.74. The van der Waals surface area contributed by atoms with Gasteiger partial charge in [0.15, 0.2) is 0 Å². The maximum Gasteiger partial charge on any atom is 0.317 e. The molecule has 0 saturated carbocycles. The van der Waals surface area contributed by atoms with Crippen LogP contribution in [0.3, 0.4) is 0 Å². The predicted octanol–water partition coefficient (Wildman–Crippen LogP) is 1.85. The molecule has 2 amide bonds. The van der Waals surface area contributed by atoms with E-state index in [0.717, 1.165) is 6.42 Å². The fourth-order valence-electron chi connectivity index (χ4n) is 1.26. The molecule has 0 fully saturated rings. The zero-order chi connectivity index (χ0) is 11.8. The van der Waals surface area contributed by atoms with E-state index in [2.05, 4.69) is 19.2 Å². The van der Waals surface area contributed by atoms with E-state index in [-0.39, 0.29) is 18.1 Å². The van der Waals surface area contributed by atoms with Gasteiger partial charge in [-0.15, -0.1) is 0 Å². The van der Waals surface area contributed by atoms with Crippen molar-refractivity contribution in [2.75, 3.05) is 20.3 Å². The van der Waals surface area contributed by atoms with Crippen molar-refractivity contribution in [3.63, 3.8) is 0 Å². The minimum atomic E-state index is -0.00333. The summed E-state index contributed by atoms with van der Waals surface area (Å²) in [5.74, 6) is 0. The van der Waals surface area contributed by atoms with Gasteiger partial charge in [-0.05, 0) is 27.2 Å². The largest absolute Gasteiger partial charge is 0.383 e. The molecule has 0 aliphatic rings. The van der Waals surface area contributed by atoms with Crippen LogP contribution < -0.4 is 5.32 Å². The number of nitrogens with zero attached hydrogens (tertiary/aromatic N) is 1. The van der Waals surface area contributed by atoms with E-state index in [1.54, 1.807) is 7.11 Å². The van der Waals surface area contributed by atoms with E-state index < -0.39 is 0 Å². The van der Waals surface area contributed by atoms with E-state index in [9.17, 15) is 4.79 Å². The van der Waals surface area contributed by atoms with Crippen LogP contribution in [0.1, 0.15) is 34.1 Å². The summed E-state index contributed by atoms with van der Waals surface area (Å²) in [5.41, 5.74) is 0. The van der Waals surface area contributed by atoms with Crippen LogP contribution in [0.4, 0.5) is 4.79 Å². The third-order valence-corrected chi connectivity index (χ3v) is 2.33. The van der Waals surface area contributed by atoms with Gasteiger partial charge in [-0.2, -0.15) is 0 Å². The molecule has 1 N–H and O–H groups in total. The van der Waals surface area contributed by atoms with Gasteiger partial charge in [0, 0.05) is 25.7 Å². The van der Waals surface area contributed by atoms with Crippen molar-refractivity contribution in [3.05, 3.63) is 0 Å². The van der Waals surface area contributed by atoms with Gasteiger partial charge >= 0.3 is 6.03 Å². The van der Waals surface area contributed by atoms with Crippen LogP contribution in [0.15, 0.2) is 0 Å². The molecule has 4 heteroatoms. The zero-order valence-electron chi connectivity index (χ0n) is 10.5. The topological polar surface area (TPSA) is 41.6 Å². The maximum absolute atomic E-state index is 11.8. The van der Waals surface area contributed by atoms with Gasteiger partial charge in [0.25, 0.3) is 0 Å². The summed E-state index contributed by atoms with van der Waals surface area (Å²) in [6, 6.07) is 0.418. The van der Waals surface area contributed by atoms with Crippen LogP contribution in [-0.4, -0.2) is 43.3 Å². The summed E-state index contributed by atoms with van der Waals surface area (Å²) in [6.45, 7) is 9.27. The first-order valence-electron chi connectivity index (χ1n) is 5.59. The number of ether oxygens (including phenoxy) is 1. The fraction of sp³-hybridized carbons (Fsp3) is 0.909. The lowest BCUT2D eigenvalue weighted by atomic mass is 10.2. The Morgan fingerprint density at radius 3 is 2.40 bits per heavy atom. The van der Waals surface area contributed by atoms with E-state index in [1.807, 2.05) is 18.7 Å². The minimum Gasteiger partial charge on any atom is -0.383 e. The lowest BCUT2D eigenvalue weighted by Gasteiger charge is -2.29. The Kier molecular flexibility index (Phi) is 7.13. The number of hydrogen-bond acceptors (Lipinski definition) is 2. The smallest absolute Gasteiger partial charge is 0.317 e. The predicted molar refractivity (Wildman–Crippen MR) is 62.0 cm³/mol. The van der Waals surface area contributed by atoms with E-state index in [4.69, 9.17) is 4.74 Å². The van der Waals surface area contributed by atoms with Crippen LogP contribution in [-0.2, 0) is 4.74 Å². The minimum absolute atomic E-state index is 0.00333. The van der Waals surface area contributed by atoms with Gasteiger partial charge in [-0.3, -0.25) is 0 Å². The van der Waals surface area contributed by atoms with Crippen LogP contribution in [0.2, 0.25) is 0 Å². The fourth-order valence-corrected chi connectivity index (χ4v) is 1.26. The van der Waals surface area contributed by atoms with Crippen molar-refractivity contribution in [2.45, 2.75) is 46.2 Å². The molecule has 0 aromatic rings. The number of hydrogen-bond donors (Lipinski definition) is 1. The summed E-state index contributed by atoms with van der Waals surface area (Å²) in [7, 11) is 1.65. The van der Waals surface area contributed by atoms with E-state index in [0.29, 0.717) is 13.2 Å². The maximum atomic E-state index is 11.8. The first-order chi connectivity index (χ1) is 7.02. The third kappa shape index (κ3) is 5.62. The third-order valence-electron chi connectivity index (χ3n) is 2.33. The average Bonchev–Trinajstić information content (AvgIpc) is 2.16. The Morgan fingerprint density at radius 2 is 2.00 bits per heavy atom. The van der Waals surface area contributed by atoms with Gasteiger partial charge in [-0.25, -0.2) is 4.79 Å². The van der Waals surface area contributed by atoms with Crippen molar-refractivity contribution < 1.29 is 9.53 Å². The highest BCUT2D eigenvalue weighted by Gasteiger charge is 2.18. The van der Waals surface area contributed by atoms with Crippen molar-refractivity contribution >= 4 is 6.03 Å². The standard InChI is InChI=1S/C11H24N2O2/c1-6-10(4)13(7-8-15-5)11(14)12-9(2)3/h9-10H,6-8H2,1-5H3,(H,12,14). The van der Waals surface area contributed by atoms with Crippen LogP contribution in [0.5, 0.6) is 0 Å². The molecule has 0 aliphatic heterocycles. The molecular weight excluding hydrogens is 192 g/mol. The first-order valence-corrected chi connectivity index (χ1v) is 5.59. The van der Waals surface area contributed by atoms with Crippen LogP contribution in [0.25, 0.3) is 0 Å². The molecule has 0 aromatic carbocycles. The van der Waals surface area contributed by atoms with Gasteiger partial charge in [0.05, 0.1) is 6.61 Å². The normalized spacial score (nSPS) is 12.7. The molecule has 1 atom stereocenters. The van der Waals surface area contributed by atoms with Crippen LogP contribution >= 0.6 is 0 Å². The molecule has 15 heavy (non-hydrogen) atoms. The molecule has 1 unspecified atom stereocenters. The van der Waals surface area contributed by atoms with Crippen molar-refractivity contribution in [1.82, 2.24) is 10.2 Å². The number of urea groups is 1. The van der Waals surface area contributed by atoms with Crippen LogP contribution in [0, 0.1) is 0 Å². The zero-order valence-corrected chi connectivity index (χ0v) is 10.5. The Labute approximate surface area is 93.0 Å². The number of carbonyl (C=O) groups is 1. The second-order valence-electron chi connectivity index (χ2n) is 4.05. The summed E-state index contributed by atoms with van der Waals surface area (Å²) in [6.07, 6.45) is 0.954. The molecule has 0 rings (SSSR count). The summed E-state index contributed by atoms with van der Waals surface area (Å²) < 4.78 is 5.00. The average molecular weight is 216 g/mol. The Morgan fingerprint density at radius 1 is 1.40 bits per heavy atom. The SMILES string of the molecule is CCC(C)N(CCOC)C(=O)NC(C)C. The molecular formula is C11H24N2O2. The lowest BCUT2D eigenvalue weighted by molar-refractivity contribution is 0.130. The summed E-state index contributed by atoms with van der Waals surface area (Å²) in [5, 5.41) is 2.90. The van der Waals surface area contributed by atoms with Crippen molar-refractivity contribution in [1.29, 1.82) is 0 Å². The molecule has 0 aromatic heterocycles. The van der Waals surface area contributed by atoms with Crippen molar-refractivity contribution in [2.24, 2.45) is 0 Å². The van der Waals surface area contributed by atoms with Gasteiger partial charge in [0.1, 0.15) is 0 Å². The molecule has 0 radical (unpaired) electrons. The highest BCUT2D eigenvalue weighted by Crippen LogP contribution is 2.04. The van der Waals surface area contributed by atoms with Crippen molar-refractivity contribution in [3.8, 4) is 0 Å². The molecule has 0 spiro atoms. The molecule has 90 valence electrons. The number of methoxy groups -OCH3 is 1. The number of rotatable bonds is 6. The Balaban J connectivity index is 4.26. The summed E-state index contributed by atoms with van der Waals surface area (Å²) >= 11 is 0. The first kappa shape index (κ1) is 14.2. The van der Waals surface area contributed by atoms with E-state index in [1.165, 1.54) is 0 Å². The highest BCUT2D eigenvalue weighted by atomic mass is 16.5. The number of nitrogens with one attached hydrogen (secondary N) is 1. The molecule has 0 aliphatic carbocycles. The molecule has 4 nitrogen and oxygen atoms in total. The molecule has 0 heterocycles. The molecule has 0 bridgehead atoms. The number of carbonyl (C=O) groups excluding carboxylic acids is 1. The quantitative estimate of drug-likeness (QED) is 0.736.